The molecule has 2 aliphatic rings. The van der Waals surface area contributed by atoms with Crippen molar-refractivity contribution >= 4 is 11.9 Å². The summed E-state index contributed by atoms with van der Waals surface area (Å²) in [5.74, 6) is -1.95. The van der Waals surface area contributed by atoms with Gasteiger partial charge in [0.1, 0.15) is 0 Å². The highest BCUT2D eigenvalue weighted by atomic mass is 19.4. The lowest BCUT2D eigenvalue weighted by atomic mass is 10.1. The lowest BCUT2D eigenvalue weighted by Crippen LogP contribution is -2.51. The molecule has 0 saturated carbocycles. The van der Waals surface area contributed by atoms with Crippen LogP contribution in [0.25, 0.3) is 0 Å². The molecule has 158 valence electrons. The Morgan fingerprint density at radius 2 is 2.00 bits per heavy atom. The van der Waals surface area contributed by atoms with Gasteiger partial charge in [-0.05, 0) is 6.07 Å². The Labute approximate surface area is 164 Å². The quantitative estimate of drug-likeness (QED) is 0.793. The van der Waals surface area contributed by atoms with E-state index in [1.54, 1.807) is 12.4 Å². The number of hydrogen-bond donors (Lipinski definition) is 1. The van der Waals surface area contributed by atoms with E-state index in [1.807, 2.05) is 24.0 Å². The Bertz CT molecular complexity index is 816. The van der Waals surface area contributed by atoms with Gasteiger partial charge in [-0.3, -0.25) is 9.58 Å². The maximum Gasteiger partial charge on any atom is 0.490 e. The number of aliphatic carboxylic acids is 1. The maximum atomic E-state index is 10.6. The molecule has 2 fully saturated rings. The number of fused-ring (bicyclic) bond motifs is 1. The molecule has 12 heteroatoms. The molecule has 0 aliphatic carbocycles. The van der Waals surface area contributed by atoms with E-state index >= 15 is 0 Å². The molecule has 1 N–H and O–H groups in total. The number of alkyl halides is 3. The molecular formula is C17H21F3N6O3. The highest BCUT2D eigenvalue weighted by Gasteiger charge is 2.41. The van der Waals surface area contributed by atoms with Gasteiger partial charge in [-0.25, -0.2) is 14.8 Å². The normalized spacial score (nSPS) is 22.0. The maximum absolute atomic E-state index is 10.6. The van der Waals surface area contributed by atoms with Crippen molar-refractivity contribution in [1.29, 1.82) is 0 Å². The van der Waals surface area contributed by atoms with E-state index < -0.39 is 12.1 Å². The topological polar surface area (TPSA) is 96.6 Å². The van der Waals surface area contributed by atoms with Gasteiger partial charge >= 0.3 is 12.1 Å². The molecule has 4 rings (SSSR count). The molecule has 0 amide bonds. The molecule has 0 spiro atoms. The number of hydrogen-bond acceptors (Lipinski definition) is 7. The number of ether oxygens (including phenoxy) is 1. The third-order valence-electron chi connectivity index (χ3n) is 4.59. The number of rotatable bonds is 3. The lowest BCUT2D eigenvalue weighted by molar-refractivity contribution is -0.192. The predicted octanol–water partition coefficient (Wildman–Crippen LogP) is 0.933. The number of carboxylic acid groups (broad SMARTS) is 1. The molecule has 2 atom stereocenters. The SMILES string of the molecule is Cn1cc(CN2C[C@@H]3OCCN(c4ncccn4)[C@@H]3C2)cn1.O=C(O)C(F)(F)F. The van der Waals surface area contributed by atoms with Gasteiger partial charge in [0.25, 0.3) is 0 Å². The van der Waals surface area contributed by atoms with Crippen LogP contribution in [-0.4, -0.2) is 80.3 Å². The summed E-state index contributed by atoms with van der Waals surface area (Å²) in [5.41, 5.74) is 1.24. The van der Waals surface area contributed by atoms with Gasteiger partial charge in [0, 0.05) is 57.4 Å². The van der Waals surface area contributed by atoms with E-state index in [-0.39, 0.29) is 6.10 Å². The number of aryl methyl sites for hydroxylation is 1. The zero-order valence-electron chi connectivity index (χ0n) is 15.7. The van der Waals surface area contributed by atoms with Gasteiger partial charge in [-0.1, -0.05) is 0 Å². The summed E-state index contributed by atoms with van der Waals surface area (Å²) in [6.45, 7) is 4.42. The molecule has 4 heterocycles. The highest BCUT2D eigenvalue weighted by molar-refractivity contribution is 5.73. The average Bonchev–Trinajstić information content (AvgIpc) is 3.27. The number of anilines is 1. The van der Waals surface area contributed by atoms with Crippen LogP contribution in [0.4, 0.5) is 19.1 Å². The van der Waals surface area contributed by atoms with Crippen LogP contribution in [0, 0.1) is 0 Å². The number of carboxylic acids is 1. The van der Waals surface area contributed by atoms with Crippen molar-refractivity contribution in [2.75, 3.05) is 31.1 Å². The van der Waals surface area contributed by atoms with Gasteiger partial charge in [0.2, 0.25) is 5.95 Å². The second kappa shape index (κ2) is 8.74. The van der Waals surface area contributed by atoms with Crippen LogP contribution in [-0.2, 0) is 23.1 Å². The van der Waals surface area contributed by atoms with E-state index in [2.05, 4.69) is 31.1 Å². The average molecular weight is 414 g/mol. The van der Waals surface area contributed by atoms with Crippen LogP contribution in [0.15, 0.2) is 30.9 Å². The summed E-state index contributed by atoms with van der Waals surface area (Å²) >= 11 is 0. The van der Waals surface area contributed by atoms with Crippen LogP contribution in [0.3, 0.4) is 0 Å². The first kappa shape index (κ1) is 21.0. The van der Waals surface area contributed by atoms with Crippen molar-refractivity contribution < 1.29 is 27.8 Å². The van der Waals surface area contributed by atoms with Crippen molar-refractivity contribution in [3.8, 4) is 0 Å². The van der Waals surface area contributed by atoms with Gasteiger partial charge in [-0.2, -0.15) is 18.3 Å². The van der Waals surface area contributed by atoms with Crippen molar-refractivity contribution in [3.05, 3.63) is 36.4 Å². The van der Waals surface area contributed by atoms with Gasteiger partial charge in [0.05, 0.1) is 24.9 Å². The zero-order chi connectivity index (χ0) is 21.0. The fraction of sp³-hybridized carbons (Fsp3) is 0.529. The second-order valence-electron chi connectivity index (χ2n) is 6.74. The van der Waals surface area contributed by atoms with Crippen molar-refractivity contribution in [3.63, 3.8) is 0 Å². The first-order valence-corrected chi connectivity index (χ1v) is 8.89. The minimum absolute atomic E-state index is 0.231. The summed E-state index contributed by atoms with van der Waals surface area (Å²) in [7, 11) is 1.95. The fourth-order valence-corrected chi connectivity index (χ4v) is 3.39. The van der Waals surface area contributed by atoms with Crippen LogP contribution in [0.2, 0.25) is 0 Å². The second-order valence-corrected chi connectivity index (χ2v) is 6.74. The van der Waals surface area contributed by atoms with E-state index in [0.29, 0.717) is 6.04 Å². The number of aromatic nitrogens is 4. The first-order chi connectivity index (χ1) is 13.7. The minimum atomic E-state index is -5.08. The van der Waals surface area contributed by atoms with Gasteiger partial charge < -0.3 is 14.7 Å². The number of likely N-dealkylation sites (tertiary alicyclic amines) is 1. The Morgan fingerprint density at radius 1 is 1.31 bits per heavy atom. The lowest BCUT2D eigenvalue weighted by Gasteiger charge is -2.36. The monoisotopic (exact) mass is 414 g/mol. The molecule has 2 aromatic heterocycles. The molecule has 0 unspecified atom stereocenters. The van der Waals surface area contributed by atoms with Crippen LogP contribution in [0.1, 0.15) is 5.56 Å². The Kier molecular flexibility index (Phi) is 6.33. The van der Waals surface area contributed by atoms with Crippen molar-refractivity contribution in [1.82, 2.24) is 24.6 Å². The number of nitrogens with zero attached hydrogens (tertiary/aromatic N) is 6. The Balaban J connectivity index is 0.000000298. The van der Waals surface area contributed by atoms with E-state index in [4.69, 9.17) is 14.6 Å². The summed E-state index contributed by atoms with van der Waals surface area (Å²) in [6, 6.07) is 2.18. The number of morpholine rings is 1. The summed E-state index contributed by atoms with van der Waals surface area (Å²) in [6.07, 6.45) is 2.75. The molecule has 0 bridgehead atoms. The summed E-state index contributed by atoms with van der Waals surface area (Å²) < 4.78 is 39.5. The van der Waals surface area contributed by atoms with E-state index in [1.165, 1.54) is 5.56 Å². The Hall–Kier alpha value is -2.73. The molecule has 9 nitrogen and oxygen atoms in total. The molecular weight excluding hydrogens is 393 g/mol. The largest absolute Gasteiger partial charge is 0.490 e. The molecule has 29 heavy (non-hydrogen) atoms. The predicted molar refractivity (Wildman–Crippen MR) is 95.1 cm³/mol. The standard InChI is InChI=1S/C15H20N6O.C2HF3O2/c1-19-8-12(7-18-19)9-20-10-13-14(11-20)22-6-5-21(13)15-16-3-2-4-17-15;3-2(4,5)1(6)7/h2-4,7-8,13-14H,5-6,9-11H2,1H3;(H,6,7)/t13-,14+;/m1./s1. The molecule has 0 aromatic carbocycles. The minimum Gasteiger partial charge on any atom is -0.475 e. The Morgan fingerprint density at radius 3 is 2.59 bits per heavy atom. The van der Waals surface area contributed by atoms with E-state index in [0.717, 1.165) is 38.7 Å². The van der Waals surface area contributed by atoms with E-state index in [9.17, 15) is 13.2 Å². The fourth-order valence-electron chi connectivity index (χ4n) is 3.39. The molecule has 0 radical (unpaired) electrons. The smallest absolute Gasteiger partial charge is 0.475 e. The first-order valence-electron chi connectivity index (χ1n) is 8.89. The van der Waals surface area contributed by atoms with Gasteiger partial charge in [0.15, 0.2) is 0 Å². The third kappa shape index (κ3) is 5.41. The summed E-state index contributed by atoms with van der Waals surface area (Å²) in [5, 5.41) is 11.4. The molecule has 2 aromatic rings. The molecule has 2 saturated heterocycles. The summed E-state index contributed by atoms with van der Waals surface area (Å²) in [4.78, 5) is 22.4. The van der Waals surface area contributed by atoms with Crippen LogP contribution >= 0.6 is 0 Å². The zero-order valence-corrected chi connectivity index (χ0v) is 15.7. The highest BCUT2D eigenvalue weighted by Crippen LogP contribution is 2.26. The van der Waals surface area contributed by atoms with Crippen LogP contribution in [0.5, 0.6) is 0 Å². The molecule has 2 aliphatic heterocycles. The van der Waals surface area contributed by atoms with Gasteiger partial charge in [-0.15, -0.1) is 0 Å². The van der Waals surface area contributed by atoms with Crippen molar-refractivity contribution in [2.24, 2.45) is 7.05 Å². The van der Waals surface area contributed by atoms with Crippen molar-refractivity contribution in [2.45, 2.75) is 24.9 Å². The van der Waals surface area contributed by atoms with Crippen LogP contribution < -0.4 is 4.90 Å². The number of halogens is 3. The third-order valence-corrected chi connectivity index (χ3v) is 4.59. The number of carbonyl (C=O) groups is 1.